The minimum absolute atomic E-state index is 0.132. The second-order valence-electron chi connectivity index (χ2n) is 6.75. The molecule has 0 unspecified atom stereocenters. The van der Waals surface area contributed by atoms with Crippen molar-refractivity contribution in [2.45, 2.75) is 26.3 Å². The van der Waals surface area contributed by atoms with Gasteiger partial charge in [0, 0.05) is 44.0 Å². The Morgan fingerprint density at radius 3 is 2.60 bits per heavy atom. The Hall–Kier alpha value is -2.18. The molecule has 2 aromatic rings. The van der Waals surface area contributed by atoms with Gasteiger partial charge in [-0.25, -0.2) is 0 Å². The minimum Gasteiger partial charge on any atom is -0.321 e. The van der Waals surface area contributed by atoms with Crippen LogP contribution in [-0.2, 0) is 13.0 Å². The van der Waals surface area contributed by atoms with E-state index >= 15 is 0 Å². The number of carbonyl (C=O) groups is 1. The Morgan fingerprint density at radius 2 is 1.92 bits per heavy atom. The van der Waals surface area contributed by atoms with Crippen LogP contribution in [0.5, 0.6) is 0 Å². The quantitative estimate of drug-likeness (QED) is 0.847. The molecule has 25 heavy (non-hydrogen) atoms. The van der Waals surface area contributed by atoms with E-state index in [0.29, 0.717) is 5.69 Å². The van der Waals surface area contributed by atoms with Gasteiger partial charge in [-0.3, -0.25) is 14.8 Å². The van der Waals surface area contributed by atoms with Crippen LogP contribution < -0.4 is 5.32 Å². The van der Waals surface area contributed by atoms with Gasteiger partial charge in [-0.05, 0) is 31.2 Å². The van der Waals surface area contributed by atoms with Crippen molar-refractivity contribution in [1.82, 2.24) is 20.0 Å². The van der Waals surface area contributed by atoms with Crippen molar-refractivity contribution < 1.29 is 4.79 Å². The average Bonchev–Trinajstić information content (AvgIpc) is 3.07. The van der Waals surface area contributed by atoms with Crippen LogP contribution in [0.3, 0.4) is 0 Å². The van der Waals surface area contributed by atoms with Crippen LogP contribution >= 0.6 is 0 Å². The maximum atomic E-state index is 12.4. The van der Waals surface area contributed by atoms with Crippen molar-refractivity contribution in [2.24, 2.45) is 0 Å². The number of hydrogen-bond donors (Lipinski definition) is 2. The summed E-state index contributed by atoms with van der Waals surface area (Å²) in [6.45, 7) is 7.51. The zero-order valence-corrected chi connectivity index (χ0v) is 15.1. The third kappa shape index (κ3) is 4.67. The molecule has 0 aliphatic carbocycles. The number of piperazine rings is 1. The van der Waals surface area contributed by atoms with Gasteiger partial charge >= 0.3 is 0 Å². The van der Waals surface area contributed by atoms with E-state index in [2.05, 4.69) is 51.4 Å². The molecule has 1 amide bonds. The summed E-state index contributed by atoms with van der Waals surface area (Å²) in [5, 5.41) is 9.75. The van der Waals surface area contributed by atoms with E-state index in [1.165, 1.54) is 5.56 Å². The van der Waals surface area contributed by atoms with Gasteiger partial charge in [0.15, 0.2) is 0 Å². The molecule has 1 fully saturated rings. The van der Waals surface area contributed by atoms with Crippen LogP contribution in [0.2, 0.25) is 0 Å². The fourth-order valence-electron chi connectivity index (χ4n) is 3.12. The molecule has 3 rings (SSSR count). The van der Waals surface area contributed by atoms with Crippen molar-refractivity contribution in [3.63, 3.8) is 0 Å². The van der Waals surface area contributed by atoms with E-state index < -0.39 is 0 Å². The predicted octanol–water partition coefficient (Wildman–Crippen LogP) is 2.36. The number of hydrogen-bond acceptors (Lipinski definition) is 4. The van der Waals surface area contributed by atoms with Gasteiger partial charge in [-0.15, -0.1) is 0 Å². The van der Waals surface area contributed by atoms with E-state index in [1.807, 2.05) is 12.1 Å². The van der Waals surface area contributed by atoms with Crippen molar-refractivity contribution >= 4 is 11.6 Å². The van der Waals surface area contributed by atoms with Crippen molar-refractivity contribution in [2.75, 3.05) is 38.5 Å². The zero-order valence-electron chi connectivity index (χ0n) is 15.1. The first kappa shape index (κ1) is 17.6. The number of benzene rings is 1. The molecule has 0 radical (unpaired) electrons. The molecule has 0 atom stereocenters. The summed E-state index contributed by atoms with van der Waals surface area (Å²) < 4.78 is 0. The maximum Gasteiger partial charge on any atom is 0.273 e. The lowest BCUT2D eigenvalue weighted by molar-refractivity contribution is 0.102. The third-order valence-corrected chi connectivity index (χ3v) is 4.68. The van der Waals surface area contributed by atoms with Crippen molar-refractivity contribution in [3.8, 4) is 0 Å². The Kier molecular flexibility index (Phi) is 5.83. The maximum absolute atomic E-state index is 12.4. The number of rotatable bonds is 6. The molecule has 1 aliphatic rings. The van der Waals surface area contributed by atoms with Crippen LogP contribution in [0, 0.1) is 0 Å². The number of carbonyl (C=O) groups excluding carboxylic acids is 1. The summed E-state index contributed by atoms with van der Waals surface area (Å²) in [5.41, 5.74) is 3.61. The highest BCUT2D eigenvalue weighted by molar-refractivity contribution is 6.03. The average molecular weight is 341 g/mol. The lowest BCUT2D eigenvalue weighted by Gasteiger charge is -2.32. The largest absolute Gasteiger partial charge is 0.321 e. The van der Waals surface area contributed by atoms with Gasteiger partial charge in [0.05, 0.1) is 6.20 Å². The van der Waals surface area contributed by atoms with Crippen molar-refractivity contribution in [1.29, 1.82) is 0 Å². The highest BCUT2D eigenvalue weighted by atomic mass is 16.1. The lowest BCUT2D eigenvalue weighted by Crippen LogP contribution is -2.43. The monoisotopic (exact) mass is 341 g/mol. The molecule has 1 aromatic heterocycles. The van der Waals surface area contributed by atoms with Crippen LogP contribution in [0.25, 0.3) is 0 Å². The number of nitrogens with zero attached hydrogens (tertiary/aromatic N) is 3. The molecule has 6 heteroatoms. The van der Waals surface area contributed by atoms with Crippen LogP contribution in [-0.4, -0.2) is 59.1 Å². The Morgan fingerprint density at radius 1 is 1.20 bits per heavy atom. The SMILES string of the molecule is CCCc1cn[nH]c1C(=O)Nc1ccc(CN2CCN(C)CC2)cc1. The lowest BCUT2D eigenvalue weighted by atomic mass is 10.1. The fraction of sp³-hybridized carbons (Fsp3) is 0.474. The molecule has 2 heterocycles. The minimum atomic E-state index is -0.132. The van der Waals surface area contributed by atoms with E-state index in [9.17, 15) is 4.79 Å². The third-order valence-electron chi connectivity index (χ3n) is 4.68. The molecular formula is C19H27N5O. The molecule has 0 spiro atoms. The van der Waals surface area contributed by atoms with E-state index in [-0.39, 0.29) is 5.91 Å². The Bertz CT molecular complexity index is 686. The van der Waals surface area contributed by atoms with E-state index in [4.69, 9.17) is 0 Å². The van der Waals surface area contributed by atoms with Gasteiger partial charge in [-0.2, -0.15) is 5.10 Å². The first-order valence-corrected chi connectivity index (χ1v) is 8.99. The number of anilines is 1. The first-order valence-electron chi connectivity index (χ1n) is 8.99. The second-order valence-corrected chi connectivity index (χ2v) is 6.75. The summed E-state index contributed by atoms with van der Waals surface area (Å²) >= 11 is 0. The van der Waals surface area contributed by atoms with E-state index in [1.54, 1.807) is 6.20 Å². The predicted molar refractivity (Wildman–Crippen MR) is 99.8 cm³/mol. The number of likely N-dealkylation sites (N-methyl/N-ethyl adjacent to an activating group) is 1. The number of aryl methyl sites for hydroxylation is 1. The molecule has 134 valence electrons. The topological polar surface area (TPSA) is 64.3 Å². The highest BCUT2D eigenvalue weighted by Gasteiger charge is 2.15. The van der Waals surface area contributed by atoms with E-state index in [0.717, 1.165) is 56.8 Å². The standard InChI is InChI=1S/C19H27N5O/c1-3-4-16-13-20-22-18(16)19(25)21-17-7-5-15(6-8-17)14-24-11-9-23(2)10-12-24/h5-8,13H,3-4,9-12,14H2,1-2H3,(H,20,22)(H,21,25). The Labute approximate surface area is 149 Å². The molecule has 0 bridgehead atoms. The number of amides is 1. The molecule has 0 saturated carbocycles. The fourth-order valence-corrected chi connectivity index (χ4v) is 3.12. The molecular weight excluding hydrogens is 314 g/mol. The molecule has 1 aliphatic heterocycles. The summed E-state index contributed by atoms with van der Waals surface area (Å²) in [7, 11) is 2.17. The zero-order chi connectivity index (χ0) is 17.6. The van der Waals surface area contributed by atoms with Gasteiger partial charge < -0.3 is 10.2 Å². The smallest absolute Gasteiger partial charge is 0.273 e. The molecule has 1 aromatic carbocycles. The summed E-state index contributed by atoms with van der Waals surface area (Å²) in [6.07, 6.45) is 3.57. The van der Waals surface area contributed by atoms with Gasteiger partial charge in [-0.1, -0.05) is 25.5 Å². The second kappa shape index (κ2) is 8.27. The summed E-state index contributed by atoms with van der Waals surface area (Å²) in [4.78, 5) is 17.2. The number of aromatic amines is 1. The van der Waals surface area contributed by atoms with Crippen LogP contribution in [0.15, 0.2) is 30.5 Å². The number of nitrogens with one attached hydrogen (secondary N) is 2. The molecule has 6 nitrogen and oxygen atoms in total. The normalized spacial score (nSPS) is 16.1. The Balaban J connectivity index is 1.57. The molecule has 1 saturated heterocycles. The van der Waals surface area contributed by atoms with Gasteiger partial charge in [0.25, 0.3) is 5.91 Å². The number of H-pyrrole nitrogens is 1. The number of aromatic nitrogens is 2. The molecule has 2 N–H and O–H groups in total. The summed E-state index contributed by atoms with van der Waals surface area (Å²) in [5.74, 6) is -0.132. The van der Waals surface area contributed by atoms with Crippen LogP contribution in [0.1, 0.15) is 35.0 Å². The summed E-state index contributed by atoms with van der Waals surface area (Å²) in [6, 6.07) is 8.13. The van der Waals surface area contributed by atoms with Gasteiger partial charge in [0.1, 0.15) is 5.69 Å². The highest BCUT2D eigenvalue weighted by Crippen LogP contribution is 2.15. The van der Waals surface area contributed by atoms with Gasteiger partial charge in [0.2, 0.25) is 0 Å². The first-order chi connectivity index (χ1) is 12.2. The van der Waals surface area contributed by atoms with Crippen molar-refractivity contribution in [3.05, 3.63) is 47.3 Å². The van der Waals surface area contributed by atoms with Crippen LogP contribution in [0.4, 0.5) is 5.69 Å².